The van der Waals surface area contributed by atoms with Crippen molar-refractivity contribution >= 4 is 34.3 Å². The maximum atomic E-state index is 12.5. The van der Waals surface area contributed by atoms with E-state index in [4.69, 9.17) is 4.74 Å². The van der Waals surface area contributed by atoms with Gasteiger partial charge in [-0.05, 0) is 30.3 Å². The molecule has 31 heavy (non-hydrogen) atoms. The number of H-pyrrole nitrogens is 1. The zero-order valence-corrected chi connectivity index (χ0v) is 17.2. The number of carbonyl (C=O) groups is 3. The minimum absolute atomic E-state index is 0.113. The number of aromatic amines is 1. The zero-order chi connectivity index (χ0) is 21.8. The summed E-state index contributed by atoms with van der Waals surface area (Å²) in [4.78, 5) is 42.1. The Labute approximate surface area is 179 Å². The second kappa shape index (κ2) is 8.91. The molecule has 8 nitrogen and oxygen atoms in total. The van der Waals surface area contributed by atoms with E-state index in [-0.39, 0.29) is 30.7 Å². The molecular formula is C23H24N4O4. The highest BCUT2D eigenvalue weighted by Gasteiger charge is 2.36. The minimum atomic E-state index is -0.443. The quantitative estimate of drug-likeness (QED) is 0.509. The van der Waals surface area contributed by atoms with Crippen molar-refractivity contribution in [1.29, 1.82) is 0 Å². The van der Waals surface area contributed by atoms with E-state index in [1.165, 1.54) is 0 Å². The molecule has 3 amide bonds. The fourth-order valence-corrected chi connectivity index (χ4v) is 3.85. The molecule has 3 N–H and O–H groups in total. The van der Waals surface area contributed by atoms with E-state index in [2.05, 4.69) is 15.6 Å². The molecule has 0 radical (unpaired) electrons. The molecule has 4 rings (SSSR count). The summed E-state index contributed by atoms with van der Waals surface area (Å²) < 4.78 is 5.33. The van der Waals surface area contributed by atoms with Crippen LogP contribution in [0.1, 0.15) is 16.8 Å². The van der Waals surface area contributed by atoms with Gasteiger partial charge in [-0.25, -0.2) is 0 Å². The van der Waals surface area contributed by atoms with Gasteiger partial charge in [0.1, 0.15) is 5.75 Å². The Hall–Kier alpha value is -3.81. The molecular weight excluding hydrogens is 396 g/mol. The lowest BCUT2D eigenvalue weighted by atomic mass is 10.1. The standard InChI is InChI=1S/C23H24N4O4/c1-31-20-8-3-2-7-19(20)27-14-15(13-21(27)28)22(29)25-11-12-26-23(30)17-5-4-6-18-16(17)9-10-24-18/h2-10,15,24H,11-14H2,1H3,(H,25,29)(H,26,30). The van der Waals surface area contributed by atoms with Crippen LogP contribution in [0.3, 0.4) is 0 Å². The molecule has 1 fully saturated rings. The number of hydrogen-bond donors (Lipinski definition) is 3. The lowest BCUT2D eigenvalue weighted by molar-refractivity contribution is -0.126. The predicted molar refractivity (Wildman–Crippen MR) is 117 cm³/mol. The van der Waals surface area contributed by atoms with Crippen LogP contribution in [0.25, 0.3) is 10.9 Å². The number of para-hydroxylation sites is 2. The van der Waals surface area contributed by atoms with Crippen molar-refractivity contribution in [1.82, 2.24) is 15.6 Å². The van der Waals surface area contributed by atoms with E-state index >= 15 is 0 Å². The molecule has 8 heteroatoms. The molecule has 3 aromatic rings. The van der Waals surface area contributed by atoms with E-state index in [0.29, 0.717) is 30.1 Å². The van der Waals surface area contributed by atoms with Gasteiger partial charge in [-0.15, -0.1) is 0 Å². The van der Waals surface area contributed by atoms with Crippen LogP contribution in [0.2, 0.25) is 0 Å². The molecule has 1 aliphatic heterocycles. The molecule has 2 heterocycles. The Balaban J connectivity index is 1.28. The topological polar surface area (TPSA) is 104 Å². The van der Waals surface area contributed by atoms with Crippen LogP contribution in [-0.2, 0) is 9.59 Å². The summed E-state index contributed by atoms with van der Waals surface area (Å²) in [6.45, 7) is 0.877. The zero-order valence-electron chi connectivity index (χ0n) is 17.2. The Morgan fingerprint density at radius 3 is 2.74 bits per heavy atom. The second-order valence-electron chi connectivity index (χ2n) is 7.37. The second-order valence-corrected chi connectivity index (χ2v) is 7.37. The predicted octanol–water partition coefficient (Wildman–Crippen LogP) is 2.08. The van der Waals surface area contributed by atoms with Gasteiger partial charge in [-0.1, -0.05) is 18.2 Å². The summed E-state index contributed by atoms with van der Waals surface area (Å²) in [7, 11) is 1.55. The van der Waals surface area contributed by atoms with E-state index in [1.54, 1.807) is 36.4 Å². The number of nitrogens with one attached hydrogen (secondary N) is 3. The van der Waals surface area contributed by atoms with Gasteiger partial charge in [-0.3, -0.25) is 14.4 Å². The monoisotopic (exact) mass is 420 g/mol. The first-order valence-electron chi connectivity index (χ1n) is 10.1. The van der Waals surface area contributed by atoms with Gasteiger partial charge < -0.3 is 25.3 Å². The van der Waals surface area contributed by atoms with Crippen molar-refractivity contribution in [3.63, 3.8) is 0 Å². The highest BCUT2D eigenvalue weighted by molar-refractivity contribution is 6.06. The van der Waals surface area contributed by atoms with Gasteiger partial charge in [0.15, 0.2) is 0 Å². The average molecular weight is 420 g/mol. The van der Waals surface area contributed by atoms with E-state index in [0.717, 1.165) is 10.9 Å². The first-order chi connectivity index (χ1) is 15.1. The van der Waals surface area contributed by atoms with Crippen molar-refractivity contribution < 1.29 is 19.1 Å². The van der Waals surface area contributed by atoms with Gasteiger partial charge >= 0.3 is 0 Å². The number of carbonyl (C=O) groups excluding carboxylic acids is 3. The molecule has 1 aromatic heterocycles. The minimum Gasteiger partial charge on any atom is -0.495 e. The third-order valence-corrected chi connectivity index (χ3v) is 5.42. The number of ether oxygens (including phenoxy) is 1. The largest absolute Gasteiger partial charge is 0.495 e. The number of nitrogens with zero attached hydrogens (tertiary/aromatic N) is 1. The number of anilines is 1. The fourth-order valence-electron chi connectivity index (χ4n) is 3.85. The normalized spacial score (nSPS) is 15.8. The average Bonchev–Trinajstić information content (AvgIpc) is 3.42. The number of rotatable bonds is 7. The molecule has 0 bridgehead atoms. The molecule has 1 aliphatic rings. The third-order valence-electron chi connectivity index (χ3n) is 5.42. The lowest BCUT2D eigenvalue weighted by Crippen LogP contribution is -2.38. The maximum Gasteiger partial charge on any atom is 0.252 e. The molecule has 1 atom stereocenters. The first-order valence-corrected chi connectivity index (χ1v) is 10.1. The lowest BCUT2D eigenvalue weighted by Gasteiger charge is -2.19. The van der Waals surface area contributed by atoms with Crippen LogP contribution in [0.5, 0.6) is 5.75 Å². The van der Waals surface area contributed by atoms with Crippen molar-refractivity contribution in [2.45, 2.75) is 6.42 Å². The van der Waals surface area contributed by atoms with Gasteiger partial charge in [0.25, 0.3) is 5.91 Å². The van der Waals surface area contributed by atoms with Crippen LogP contribution in [0, 0.1) is 5.92 Å². The van der Waals surface area contributed by atoms with Gasteiger partial charge in [0.2, 0.25) is 11.8 Å². The van der Waals surface area contributed by atoms with Crippen LogP contribution in [-0.4, -0.2) is 49.4 Å². The number of amides is 3. The first kappa shape index (κ1) is 20.5. The van der Waals surface area contributed by atoms with E-state index in [1.807, 2.05) is 30.3 Å². The smallest absolute Gasteiger partial charge is 0.252 e. The summed E-state index contributed by atoms with van der Waals surface area (Å²) in [6, 6.07) is 14.6. The van der Waals surface area contributed by atoms with Gasteiger partial charge in [0.05, 0.1) is 18.7 Å². The number of fused-ring (bicyclic) bond motifs is 1. The summed E-state index contributed by atoms with van der Waals surface area (Å²) in [6.07, 6.45) is 1.94. The summed E-state index contributed by atoms with van der Waals surface area (Å²) in [5.41, 5.74) is 2.14. The van der Waals surface area contributed by atoms with Crippen molar-refractivity contribution in [2.75, 3.05) is 31.6 Å². The van der Waals surface area contributed by atoms with Crippen molar-refractivity contribution in [3.8, 4) is 5.75 Å². The van der Waals surface area contributed by atoms with Crippen molar-refractivity contribution in [2.24, 2.45) is 5.92 Å². The number of aromatic nitrogens is 1. The van der Waals surface area contributed by atoms with Crippen LogP contribution in [0.4, 0.5) is 5.69 Å². The van der Waals surface area contributed by atoms with Crippen LogP contribution >= 0.6 is 0 Å². The molecule has 1 unspecified atom stereocenters. The number of hydrogen-bond acceptors (Lipinski definition) is 4. The summed E-state index contributed by atoms with van der Waals surface area (Å²) in [5, 5.41) is 6.49. The molecule has 0 saturated carbocycles. The Morgan fingerprint density at radius 2 is 1.90 bits per heavy atom. The van der Waals surface area contributed by atoms with Crippen LogP contribution in [0.15, 0.2) is 54.7 Å². The number of benzene rings is 2. The van der Waals surface area contributed by atoms with Crippen LogP contribution < -0.4 is 20.3 Å². The van der Waals surface area contributed by atoms with Crippen molar-refractivity contribution in [3.05, 3.63) is 60.3 Å². The maximum absolute atomic E-state index is 12.5. The molecule has 2 aromatic carbocycles. The molecule has 1 saturated heterocycles. The SMILES string of the molecule is COc1ccccc1N1CC(C(=O)NCCNC(=O)c2cccc3[nH]ccc23)CC1=O. The summed E-state index contributed by atoms with van der Waals surface area (Å²) in [5.74, 6) is -0.359. The highest BCUT2D eigenvalue weighted by atomic mass is 16.5. The Kier molecular flexibility index (Phi) is 5.88. The highest BCUT2D eigenvalue weighted by Crippen LogP contribution is 2.32. The van der Waals surface area contributed by atoms with Gasteiger partial charge in [-0.2, -0.15) is 0 Å². The number of methoxy groups -OCH3 is 1. The molecule has 160 valence electrons. The molecule has 0 spiro atoms. The third kappa shape index (κ3) is 4.23. The van der Waals surface area contributed by atoms with Gasteiger partial charge in [0, 0.05) is 48.7 Å². The molecule has 0 aliphatic carbocycles. The summed E-state index contributed by atoms with van der Waals surface area (Å²) >= 11 is 0. The Bertz CT molecular complexity index is 1120. The fraction of sp³-hybridized carbons (Fsp3) is 0.261. The van der Waals surface area contributed by atoms with E-state index < -0.39 is 5.92 Å². The van der Waals surface area contributed by atoms with E-state index in [9.17, 15) is 14.4 Å². The Morgan fingerprint density at radius 1 is 1.10 bits per heavy atom.